The van der Waals surface area contributed by atoms with E-state index in [4.69, 9.17) is 10.7 Å². The lowest BCUT2D eigenvalue weighted by molar-refractivity contribution is 0.616. The normalized spacial score (nSPS) is 13.2. The summed E-state index contributed by atoms with van der Waals surface area (Å²) in [6, 6.07) is 0. The summed E-state index contributed by atoms with van der Waals surface area (Å²) < 4.78 is 21.3. The highest BCUT2D eigenvalue weighted by molar-refractivity contribution is 8.28. The smallest absolute Gasteiger partial charge is 0.206 e. The van der Waals surface area contributed by atoms with Crippen LogP contribution >= 0.6 is 22.4 Å². The first kappa shape index (κ1) is 10.1. The van der Waals surface area contributed by atoms with Crippen LogP contribution < -0.4 is 0 Å². The van der Waals surface area contributed by atoms with Crippen LogP contribution in [0.2, 0.25) is 0 Å². The summed E-state index contributed by atoms with van der Waals surface area (Å²) in [5.41, 5.74) is 0. The van der Waals surface area contributed by atoms with Crippen LogP contribution in [-0.2, 0) is 9.05 Å². The van der Waals surface area contributed by atoms with Crippen molar-refractivity contribution in [3.8, 4) is 0 Å². The van der Waals surface area contributed by atoms with Crippen molar-refractivity contribution in [1.29, 1.82) is 0 Å². The first-order valence-corrected chi connectivity index (χ1v) is 5.87. The Kier molecular flexibility index (Phi) is 4.08. The van der Waals surface area contributed by atoms with E-state index in [1.807, 2.05) is 0 Å². The lowest BCUT2D eigenvalue weighted by Gasteiger charge is -1.94. The maximum absolute atomic E-state index is 10.6. The van der Waals surface area contributed by atoms with Crippen molar-refractivity contribution < 1.29 is 8.42 Å². The van der Waals surface area contributed by atoms with Gasteiger partial charge in [-0.2, -0.15) is 0 Å². The fourth-order valence-electron chi connectivity index (χ4n) is 0.345. The Bertz CT molecular complexity index is 240. The van der Waals surface area contributed by atoms with Crippen molar-refractivity contribution in [1.82, 2.24) is 0 Å². The lowest BCUT2D eigenvalue weighted by Crippen LogP contribution is -1.88. The molecule has 0 N–H and O–H groups in total. The van der Waals surface area contributed by atoms with Crippen LogP contribution in [0.25, 0.3) is 0 Å². The Balaban J connectivity index is 4.71. The van der Waals surface area contributed by atoms with E-state index >= 15 is 0 Å². The van der Waals surface area contributed by atoms with Crippen molar-refractivity contribution in [3.63, 3.8) is 0 Å². The molecule has 0 unspecified atom stereocenters. The molecule has 0 radical (unpaired) electrons. The van der Waals surface area contributed by atoms with E-state index in [1.54, 1.807) is 6.26 Å². The molecular weight excluding hydrogens is 192 g/mol. The summed E-state index contributed by atoms with van der Waals surface area (Å²) in [7, 11) is 1.46. The van der Waals surface area contributed by atoms with Gasteiger partial charge in [0.05, 0.1) is 0 Å². The molecule has 0 aliphatic heterocycles. The van der Waals surface area contributed by atoms with E-state index in [0.717, 1.165) is 11.8 Å². The second-order valence-corrected chi connectivity index (χ2v) is 5.00. The van der Waals surface area contributed by atoms with Gasteiger partial charge >= 0.3 is 0 Å². The molecule has 0 atom stereocenters. The monoisotopic (exact) mass is 198 g/mol. The van der Waals surface area contributed by atoms with Gasteiger partial charge in [0, 0.05) is 10.7 Å². The minimum absolute atomic E-state index is 0.115. The molecule has 58 valence electrons. The molecule has 0 saturated heterocycles. The van der Waals surface area contributed by atoms with Crippen LogP contribution in [0.1, 0.15) is 0 Å². The summed E-state index contributed by atoms with van der Waals surface area (Å²) in [5, 5.41) is 0. The highest BCUT2D eigenvalue weighted by atomic mass is 35.7. The van der Waals surface area contributed by atoms with Crippen LogP contribution in [0, 0.1) is 0 Å². The molecule has 0 rings (SSSR count). The van der Waals surface area contributed by atoms with Gasteiger partial charge < -0.3 is 0 Å². The summed E-state index contributed by atoms with van der Waals surface area (Å²) in [5.74, 6) is 0. The number of allylic oxidation sites excluding steroid dienone is 2. The number of hydrogen-bond donors (Lipinski definition) is 0. The summed E-state index contributed by atoms with van der Waals surface area (Å²) in [6.45, 7) is 3.35. The summed E-state index contributed by atoms with van der Waals surface area (Å²) in [4.78, 5) is 0. The van der Waals surface area contributed by atoms with Crippen molar-refractivity contribution in [2.75, 3.05) is 6.26 Å². The molecule has 0 aromatic rings. The zero-order valence-electron chi connectivity index (χ0n) is 5.37. The Morgan fingerprint density at radius 2 is 2.20 bits per heavy atom. The molecule has 2 nitrogen and oxygen atoms in total. The van der Waals surface area contributed by atoms with Crippen molar-refractivity contribution in [3.05, 3.63) is 23.0 Å². The van der Waals surface area contributed by atoms with Gasteiger partial charge in [-0.3, -0.25) is 0 Å². The molecule has 0 aliphatic rings. The Labute approximate surface area is 69.4 Å². The molecule has 0 aromatic heterocycles. The molecule has 0 fully saturated rings. The summed E-state index contributed by atoms with van der Waals surface area (Å²) >= 11 is 1.07. The second kappa shape index (κ2) is 4.05. The molecule has 0 amide bonds. The minimum atomic E-state index is -3.55. The molecule has 0 heterocycles. The number of rotatable bonds is 3. The van der Waals surface area contributed by atoms with Crippen molar-refractivity contribution in [2.24, 2.45) is 0 Å². The van der Waals surface area contributed by atoms with E-state index in [-0.39, 0.29) is 4.24 Å². The first-order chi connectivity index (χ1) is 4.52. The van der Waals surface area contributed by atoms with Gasteiger partial charge in [-0.15, -0.1) is 11.8 Å². The molecule has 0 aliphatic carbocycles. The molecule has 0 saturated carbocycles. The van der Waals surface area contributed by atoms with Crippen LogP contribution in [0.5, 0.6) is 0 Å². The van der Waals surface area contributed by atoms with Crippen molar-refractivity contribution >= 4 is 31.5 Å². The third-order valence-corrected chi connectivity index (χ3v) is 3.78. The topological polar surface area (TPSA) is 34.1 Å². The van der Waals surface area contributed by atoms with E-state index in [9.17, 15) is 8.42 Å². The minimum Gasteiger partial charge on any atom is -0.206 e. The molecule has 10 heavy (non-hydrogen) atoms. The Hall–Kier alpha value is 0.0700. The van der Waals surface area contributed by atoms with Gasteiger partial charge in [-0.25, -0.2) is 8.42 Å². The van der Waals surface area contributed by atoms with E-state index in [1.165, 1.54) is 12.2 Å². The van der Waals surface area contributed by atoms with Gasteiger partial charge in [0.1, 0.15) is 4.24 Å². The Morgan fingerprint density at radius 3 is 2.30 bits per heavy atom. The predicted octanol–water partition coefficient (Wildman–Crippen LogP) is 1.95. The van der Waals surface area contributed by atoms with Gasteiger partial charge in [0.25, 0.3) is 9.05 Å². The summed E-state index contributed by atoms with van der Waals surface area (Å²) in [6.07, 6.45) is 4.37. The fourth-order valence-corrected chi connectivity index (χ4v) is 2.35. The Morgan fingerprint density at radius 1 is 1.70 bits per heavy atom. The molecule has 0 spiro atoms. The van der Waals surface area contributed by atoms with Gasteiger partial charge in [0.15, 0.2) is 0 Å². The standard InChI is InChI=1S/C5H7ClO2S2/c1-3-4-5(9-2)10(6,7)8/h3-4H,1H2,2H3/b5-4+. The zero-order valence-corrected chi connectivity index (χ0v) is 7.76. The van der Waals surface area contributed by atoms with Gasteiger partial charge in [0.2, 0.25) is 0 Å². The average molecular weight is 199 g/mol. The number of thioether (sulfide) groups is 1. The van der Waals surface area contributed by atoms with Crippen LogP contribution in [-0.4, -0.2) is 14.7 Å². The highest BCUT2D eigenvalue weighted by Gasteiger charge is 2.10. The average Bonchev–Trinajstić information content (AvgIpc) is 1.80. The highest BCUT2D eigenvalue weighted by Crippen LogP contribution is 2.22. The van der Waals surface area contributed by atoms with Gasteiger partial charge in [-0.1, -0.05) is 12.7 Å². The third kappa shape index (κ3) is 3.29. The molecule has 0 aromatic carbocycles. The molecule has 0 bridgehead atoms. The molecular formula is C5H7ClO2S2. The quantitative estimate of drug-likeness (QED) is 0.514. The lowest BCUT2D eigenvalue weighted by atomic mass is 10.6. The number of hydrogen-bond acceptors (Lipinski definition) is 3. The fraction of sp³-hybridized carbons (Fsp3) is 0.200. The maximum Gasteiger partial charge on any atom is 0.267 e. The zero-order chi connectivity index (χ0) is 8.20. The van der Waals surface area contributed by atoms with Crippen LogP contribution in [0.4, 0.5) is 0 Å². The SMILES string of the molecule is C=C/C=C(\SC)S(=O)(=O)Cl. The maximum atomic E-state index is 10.6. The van der Waals surface area contributed by atoms with Gasteiger partial charge in [-0.05, 0) is 12.3 Å². The number of halogens is 1. The predicted molar refractivity (Wildman–Crippen MR) is 46.6 cm³/mol. The van der Waals surface area contributed by atoms with E-state index < -0.39 is 9.05 Å². The van der Waals surface area contributed by atoms with E-state index in [0.29, 0.717) is 0 Å². The first-order valence-electron chi connectivity index (χ1n) is 2.33. The van der Waals surface area contributed by atoms with E-state index in [2.05, 4.69) is 6.58 Å². The second-order valence-electron chi connectivity index (χ2n) is 1.36. The van der Waals surface area contributed by atoms with Crippen molar-refractivity contribution in [2.45, 2.75) is 0 Å². The third-order valence-electron chi connectivity index (χ3n) is 0.695. The van der Waals surface area contributed by atoms with Crippen LogP contribution in [0.3, 0.4) is 0 Å². The largest absolute Gasteiger partial charge is 0.267 e. The molecule has 5 heteroatoms. The van der Waals surface area contributed by atoms with Crippen LogP contribution in [0.15, 0.2) is 23.0 Å².